The summed E-state index contributed by atoms with van der Waals surface area (Å²) in [7, 11) is 4.70. The lowest BCUT2D eigenvalue weighted by Gasteiger charge is -2.25. The molecule has 0 amide bonds. The van der Waals surface area contributed by atoms with E-state index in [2.05, 4.69) is 15.0 Å². The lowest BCUT2D eigenvalue weighted by Crippen LogP contribution is -2.15. The maximum atomic E-state index is 5.94. The molecule has 30 heavy (non-hydrogen) atoms. The highest BCUT2D eigenvalue weighted by molar-refractivity contribution is 5.85. The van der Waals surface area contributed by atoms with E-state index in [1.54, 1.807) is 39.8 Å². The number of ether oxygens (including phenoxy) is 3. The number of anilines is 4. The van der Waals surface area contributed by atoms with Crippen LogP contribution < -0.4 is 24.8 Å². The molecule has 2 heterocycles. The maximum Gasteiger partial charge on any atom is 0.236 e. The lowest BCUT2D eigenvalue weighted by atomic mass is 10.2. The van der Waals surface area contributed by atoms with Crippen LogP contribution in [0.25, 0.3) is 10.9 Å². The van der Waals surface area contributed by atoms with Crippen molar-refractivity contribution in [2.24, 2.45) is 0 Å². The normalized spacial score (nSPS) is 10.6. The van der Waals surface area contributed by atoms with Gasteiger partial charge in [0.05, 0.1) is 44.4 Å². The number of hydrogen-bond donors (Lipinski definition) is 1. The zero-order valence-corrected chi connectivity index (χ0v) is 16.9. The van der Waals surface area contributed by atoms with Gasteiger partial charge >= 0.3 is 0 Å². The molecule has 2 N–H and O–H groups in total. The number of pyridine rings is 1. The number of aromatic nitrogens is 3. The molecule has 0 aliphatic rings. The first-order valence-corrected chi connectivity index (χ1v) is 9.18. The number of benzene rings is 2. The van der Waals surface area contributed by atoms with Crippen LogP contribution in [0.2, 0.25) is 0 Å². The molecule has 0 unspecified atom stereocenters. The van der Waals surface area contributed by atoms with Gasteiger partial charge in [-0.3, -0.25) is 9.88 Å². The van der Waals surface area contributed by atoms with Crippen molar-refractivity contribution in [1.82, 2.24) is 15.0 Å². The van der Waals surface area contributed by atoms with Crippen LogP contribution in [0.15, 0.2) is 60.9 Å². The fourth-order valence-electron chi connectivity index (χ4n) is 3.23. The number of nitrogen functional groups attached to an aromatic ring is 1. The van der Waals surface area contributed by atoms with Gasteiger partial charge in [-0.25, -0.2) is 4.98 Å². The third-order valence-electron chi connectivity index (χ3n) is 4.61. The monoisotopic (exact) mass is 403 g/mol. The van der Waals surface area contributed by atoms with Gasteiger partial charge in [0.2, 0.25) is 11.7 Å². The first kappa shape index (κ1) is 19.3. The minimum absolute atomic E-state index is 0.353. The summed E-state index contributed by atoms with van der Waals surface area (Å²) in [5, 5.41) is 0.983. The Morgan fingerprint density at radius 2 is 1.57 bits per heavy atom. The molecule has 4 aromatic rings. The molecular formula is C22H21N5O3. The average Bonchev–Trinajstić information content (AvgIpc) is 2.78. The highest BCUT2D eigenvalue weighted by Crippen LogP contribution is 2.44. The zero-order chi connectivity index (χ0) is 21.1. The third kappa shape index (κ3) is 3.50. The second-order valence-corrected chi connectivity index (χ2v) is 6.39. The van der Waals surface area contributed by atoms with Gasteiger partial charge in [-0.1, -0.05) is 18.2 Å². The average molecular weight is 403 g/mol. The molecule has 0 bridgehead atoms. The molecular weight excluding hydrogens is 382 g/mol. The zero-order valence-electron chi connectivity index (χ0n) is 16.9. The predicted molar refractivity (Wildman–Crippen MR) is 116 cm³/mol. The quantitative estimate of drug-likeness (QED) is 0.514. The van der Waals surface area contributed by atoms with E-state index >= 15 is 0 Å². The Morgan fingerprint density at radius 1 is 0.833 bits per heavy atom. The van der Waals surface area contributed by atoms with Crippen molar-refractivity contribution >= 4 is 34.0 Å². The smallest absolute Gasteiger partial charge is 0.236 e. The molecule has 2 aromatic heterocycles. The molecule has 0 aliphatic heterocycles. The maximum absolute atomic E-state index is 5.94. The molecule has 0 fully saturated rings. The van der Waals surface area contributed by atoms with E-state index < -0.39 is 0 Å². The number of fused-ring (bicyclic) bond motifs is 1. The second-order valence-electron chi connectivity index (χ2n) is 6.39. The van der Waals surface area contributed by atoms with Crippen molar-refractivity contribution in [2.75, 3.05) is 32.0 Å². The van der Waals surface area contributed by atoms with Crippen molar-refractivity contribution in [2.45, 2.75) is 0 Å². The van der Waals surface area contributed by atoms with Gasteiger partial charge in [-0.2, -0.15) is 4.98 Å². The Bertz CT molecular complexity index is 1170. The van der Waals surface area contributed by atoms with E-state index in [1.165, 1.54) is 0 Å². The van der Waals surface area contributed by atoms with Crippen molar-refractivity contribution < 1.29 is 14.2 Å². The van der Waals surface area contributed by atoms with Gasteiger partial charge in [0.1, 0.15) is 5.82 Å². The minimum atomic E-state index is 0.353. The Labute approximate surface area is 173 Å². The Kier molecular flexibility index (Phi) is 5.21. The first-order chi connectivity index (χ1) is 14.6. The van der Waals surface area contributed by atoms with Crippen molar-refractivity contribution in [3.8, 4) is 17.2 Å². The van der Waals surface area contributed by atoms with Crippen LogP contribution in [0.5, 0.6) is 17.2 Å². The van der Waals surface area contributed by atoms with Crippen LogP contribution in [-0.2, 0) is 0 Å². The summed E-state index contributed by atoms with van der Waals surface area (Å²) in [6.07, 6.45) is 3.37. The highest BCUT2D eigenvalue weighted by atomic mass is 16.5. The van der Waals surface area contributed by atoms with Gasteiger partial charge in [0, 0.05) is 23.7 Å². The molecule has 8 nitrogen and oxygen atoms in total. The summed E-state index contributed by atoms with van der Waals surface area (Å²) in [4.78, 5) is 15.2. The van der Waals surface area contributed by atoms with E-state index in [0.717, 1.165) is 16.6 Å². The van der Waals surface area contributed by atoms with Crippen LogP contribution in [-0.4, -0.2) is 36.3 Å². The number of para-hydroxylation sites is 1. The van der Waals surface area contributed by atoms with E-state index in [4.69, 9.17) is 19.9 Å². The third-order valence-corrected chi connectivity index (χ3v) is 4.61. The summed E-state index contributed by atoms with van der Waals surface area (Å²) in [6.45, 7) is 0. The van der Waals surface area contributed by atoms with Crippen molar-refractivity contribution in [3.05, 3.63) is 60.9 Å². The molecule has 8 heteroatoms. The number of nitrogens with two attached hydrogens (primary N) is 1. The molecule has 0 saturated heterocycles. The topological polar surface area (TPSA) is 95.6 Å². The van der Waals surface area contributed by atoms with Gasteiger partial charge in [-0.15, -0.1) is 0 Å². The molecule has 0 radical (unpaired) electrons. The number of rotatable bonds is 6. The summed E-state index contributed by atoms with van der Waals surface area (Å²) in [5.41, 5.74) is 8.29. The predicted octanol–water partition coefficient (Wildman–Crippen LogP) is 4.10. The van der Waals surface area contributed by atoms with Crippen molar-refractivity contribution in [1.29, 1.82) is 0 Å². The summed E-state index contributed by atoms with van der Waals surface area (Å²) >= 11 is 0. The van der Waals surface area contributed by atoms with E-state index in [1.807, 2.05) is 47.4 Å². The van der Waals surface area contributed by atoms with Crippen LogP contribution in [0.3, 0.4) is 0 Å². The molecule has 0 spiro atoms. The van der Waals surface area contributed by atoms with Crippen LogP contribution in [0.4, 0.5) is 23.1 Å². The molecule has 0 aliphatic carbocycles. The van der Waals surface area contributed by atoms with Gasteiger partial charge in [0.25, 0.3) is 0 Å². The number of nitrogens with zero attached hydrogens (tertiary/aromatic N) is 4. The fourth-order valence-corrected chi connectivity index (χ4v) is 3.23. The molecule has 0 saturated carbocycles. The summed E-state index contributed by atoms with van der Waals surface area (Å²) in [5.74, 6) is 2.25. The lowest BCUT2D eigenvalue weighted by molar-refractivity contribution is 0.324. The summed E-state index contributed by atoms with van der Waals surface area (Å²) in [6, 6.07) is 15.2. The van der Waals surface area contributed by atoms with E-state index in [0.29, 0.717) is 34.7 Å². The molecule has 2 aromatic carbocycles. The number of hydrogen-bond acceptors (Lipinski definition) is 8. The Hall–Kier alpha value is -4.07. The number of methoxy groups -OCH3 is 3. The Balaban J connectivity index is 1.96. The second kappa shape index (κ2) is 8.12. The van der Waals surface area contributed by atoms with Gasteiger partial charge in [0.15, 0.2) is 11.5 Å². The Morgan fingerprint density at radius 3 is 2.23 bits per heavy atom. The fraction of sp³-hybridized carbons (Fsp3) is 0.136. The highest BCUT2D eigenvalue weighted by Gasteiger charge is 2.21. The van der Waals surface area contributed by atoms with Gasteiger partial charge < -0.3 is 19.9 Å². The molecule has 4 rings (SSSR count). The van der Waals surface area contributed by atoms with Gasteiger partial charge in [-0.05, 0) is 18.2 Å². The minimum Gasteiger partial charge on any atom is -0.493 e. The first-order valence-electron chi connectivity index (χ1n) is 9.18. The van der Waals surface area contributed by atoms with E-state index in [9.17, 15) is 0 Å². The van der Waals surface area contributed by atoms with Crippen LogP contribution in [0, 0.1) is 0 Å². The largest absolute Gasteiger partial charge is 0.493 e. The standard InChI is InChI=1S/C22H21N5O3/c1-28-18-11-15(12-19(29-2)21(18)30-3)27(22-24-9-8-20(23)26-22)16-10-14-6-4-5-7-17(14)25-13-16/h4-13H,1-3H3,(H2,23,24,26). The van der Waals surface area contributed by atoms with E-state index in [-0.39, 0.29) is 0 Å². The van der Waals surface area contributed by atoms with Crippen LogP contribution >= 0.6 is 0 Å². The molecule has 0 atom stereocenters. The van der Waals surface area contributed by atoms with Crippen molar-refractivity contribution in [3.63, 3.8) is 0 Å². The SMILES string of the molecule is COc1cc(N(c2cnc3ccccc3c2)c2nccc(N)n2)cc(OC)c1OC. The molecule has 152 valence electrons. The van der Waals surface area contributed by atoms with Crippen LogP contribution in [0.1, 0.15) is 0 Å². The summed E-state index contributed by atoms with van der Waals surface area (Å²) < 4.78 is 16.5.